The van der Waals surface area contributed by atoms with Crippen LogP contribution in [0.5, 0.6) is 5.75 Å². The first-order chi connectivity index (χ1) is 15.9. The molecule has 0 radical (unpaired) electrons. The topological polar surface area (TPSA) is 90.7 Å². The average Bonchev–Trinajstić information content (AvgIpc) is 3.07. The molecule has 2 heterocycles. The van der Waals surface area contributed by atoms with Gasteiger partial charge in [0, 0.05) is 43.1 Å². The average molecular weight is 453 g/mol. The Bertz CT molecular complexity index is 1090. The molecule has 3 rings (SSSR count). The molecule has 33 heavy (non-hydrogen) atoms. The number of pyridine rings is 1. The van der Waals surface area contributed by atoms with E-state index in [1.54, 1.807) is 20.2 Å². The van der Waals surface area contributed by atoms with Gasteiger partial charge in [-0.25, -0.2) is 4.98 Å². The maximum atomic E-state index is 13.3. The van der Waals surface area contributed by atoms with Crippen LogP contribution in [0.2, 0.25) is 0 Å². The summed E-state index contributed by atoms with van der Waals surface area (Å²) in [6, 6.07) is 11.9. The van der Waals surface area contributed by atoms with Crippen LogP contribution >= 0.6 is 0 Å². The highest BCUT2D eigenvalue weighted by molar-refractivity contribution is 6.09. The molecule has 0 aliphatic rings. The number of benzene rings is 1. The van der Waals surface area contributed by atoms with Gasteiger partial charge in [-0.3, -0.25) is 9.59 Å². The number of ether oxygens (including phenoxy) is 2. The summed E-state index contributed by atoms with van der Waals surface area (Å²) in [6.45, 7) is 3.02. The van der Waals surface area contributed by atoms with Crippen molar-refractivity contribution in [1.82, 2.24) is 9.55 Å². The van der Waals surface area contributed by atoms with Crippen molar-refractivity contribution in [2.75, 3.05) is 13.7 Å². The normalized spacial score (nSPS) is 12.1. The van der Waals surface area contributed by atoms with Gasteiger partial charge >= 0.3 is 5.97 Å². The second-order valence-electron chi connectivity index (χ2n) is 8.45. The Hall–Kier alpha value is -3.19. The Morgan fingerprint density at radius 2 is 1.91 bits per heavy atom. The van der Waals surface area contributed by atoms with Crippen LogP contribution in [-0.4, -0.2) is 40.1 Å². The minimum absolute atomic E-state index is 0.0356. The van der Waals surface area contributed by atoms with Crippen LogP contribution in [0.25, 0.3) is 11.0 Å². The van der Waals surface area contributed by atoms with Crippen molar-refractivity contribution < 1.29 is 24.2 Å². The molecule has 0 saturated carbocycles. The first kappa shape index (κ1) is 24.5. The van der Waals surface area contributed by atoms with Gasteiger partial charge in [0.15, 0.2) is 5.78 Å². The monoisotopic (exact) mass is 452 g/mol. The van der Waals surface area contributed by atoms with Gasteiger partial charge in [0.1, 0.15) is 11.4 Å². The molecule has 7 heteroatoms. The van der Waals surface area contributed by atoms with E-state index in [9.17, 15) is 9.59 Å². The van der Waals surface area contributed by atoms with Crippen molar-refractivity contribution in [1.29, 1.82) is 0 Å². The second-order valence-corrected chi connectivity index (χ2v) is 8.45. The number of ketones is 1. The van der Waals surface area contributed by atoms with Crippen LogP contribution < -0.4 is 4.74 Å². The number of carboxylic acid groups (broad SMARTS) is 1. The first-order valence-electron chi connectivity index (χ1n) is 11.3. The van der Waals surface area contributed by atoms with Gasteiger partial charge in [0.05, 0.1) is 19.9 Å². The van der Waals surface area contributed by atoms with Crippen molar-refractivity contribution in [3.8, 4) is 5.75 Å². The van der Waals surface area contributed by atoms with Gasteiger partial charge < -0.3 is 19.1 Å². The summed E-state index contributed by atoms with van der Waals surface area (Å²) >= 11 is 0. The van der Waals surface area contributed by atoms with E-state index in [2.05, 4.69) is 4.98 Å². The Morgan fingerprint density at radius 3 is 2.61 bits per heavy atom. The van der Waals surface area contributed by atoms with E-state index in [1.165, 1.54) is 0 Å². The summed E-state index contributed by atoms with van der Waals surface area (Å²) in [4.78, 5) is 28.8. The molecule has 0 spiro atoms. The molecule has 0 amide bonds. The smallest absolute Gasteiger partial charge is 0.303 e. The number of methoxy groups -OCH3 is 1. The highest BCUT2D eigenvalue weighted by Gasteiger charge is 2.24. The lowest BCUT2D eigenvalue weighted by Gasteiger charge is -2.11. The van der Waals surface area contributed by atoms with Crippen LogP contribution in [-0.2, 0) is 29.6 Å². The molecule has 1 atom stereocenters. The fraction of sp³-hybridized carbons (Fsp3) is 0.423. The van der Waals surface area contributed by atoms with Crippen molar-refractivity contribution in [2.45, 2.75) is 45.6 Å². The molecule has 0 bridgehead atoms. The van der Waals surface area contributed by atoms with Gasteiger partial charge in [-0.2, -0.15) is 0 Å². The third-order valence-electron chi connectivity index (χ3n) is 5.76. The highest BCUT2D eigenvalue weighted by atomic mass is 16.5. The van der Waals surface area contributed by atoms with Gasteiger partial charge in [0.2, 0.25) is 0 Å². The summed E-state index contributed by atoms with van der Waals surface area (Å²) in [5, 5.41) is 9.82. The molecule has 3 aromatic rings. The molecule has 0 aliphatic carbocycles. The SMILES string of the molecule is COc1cnc2c(c1)c(C(=O)C[C@H](C)CC(=O)O)c(CCCCOCc1ccccc1)n2C. The van der Waals surface area contributed by atoms with Crippen molar-refractivity contribution in [3.05, 3.63) is 59.4 Å². The number of unbranched alkanes of at least 4 members (excludes halogenated alkanes) is 1. The van der Waals surface area contributed by atoms with Crippen LogP contribution in [0, 0.1) is 5.92 Å². The fourth-order valence-corrected chi connectivity index (χ4v) is 4.11. The minimum Gasteiger partial charge on any atom is -0.495 e. The predicted molar refractivity (Wildman–Crippen MR) is 127 cm³/mol. The van der Waals surface area contributed by atoms with E-state index in [0.29, 0.717) is 30.9 Å². The summed E-state index contributed by atoms with van der Waals surface area (Å²) in [5.41, 5.74) is 3.41. The third-order valence-corrected chi connectivity index (χ3v) is 5.76. The number of aromatic nitrogens is 2. The molecule has 1 aromatic carbocycles. The molecule has 0 aliphatic heterocycles. The van der Waals surface area contributed by atoms with Crippen LogP contribution in [0.1, 0.15) is 54.2 Å². The Morgan fingerprint density at radius 1 is 1.15 bits per heavy atom. The number of rotatable bonds is 13. The molecule has 176 valence electrons. The third kappa shape index (κ3) is 6.42. The molecule has 2 aromatic heterocycles. The summed E-state index contributed by atoms with van der Waals surface area (Å²) in [5.74, 6) is -0.614. The molecular formula is C26H32N2O5. The van der Waals surface area contributed by atoms with Gasteiger partial charge in [-0.15, -0.1) is 0 Å². The van der Waals surface area contributed by atoms with E-state index in [-0.39, 0.29) is 24.5 Å². The molecule has 7 nitrogen and oxygen atoms in total. The second kappa shape index (κ2) is 11.6. The lowest BCUT2D eigenvalue weighted by Crippen LogP contribution is -2.12. The molecule has 0 unspecified atom stereocenters. The van der Waals surface area contributed by atoms with E-state index in [1.807, 2.05) is 48.0 Å². The van der Waals surface area contributed by atoms with Crippen LogP contribution in [0.3, 0.4) is 0 Å². The molecular weight excluding hydrogens is 420 g/mol. The summed E-state index contributed by atoms with van der Waals surface area (Å²) in [6.07, 6.45) is 4.22. The maximum Gasteiger partial charge on any atom is 0.303 e. The van der Waals surface area contributed by atoms with Crippen LogP contribution in [0.15, 0.2) is 42.6 Å². The number of carboxylic acids is 1. The largest absolute Gasteiger partial charge is 0.495 e. The van der Waals surface area contributed by atoms with Gasteiger partial charge in [0.25, 0.3) is 0 Å². The Kier molecular flexibility index (Phi) is 8.60. The number of nitrogens with zero attached hydrogens (tertiary/aromatic N) is 2. The van der Waals surface area contributed by atoms with Crippen LogP contribution in [0.4, 0.5) is 0 Å². The lowest BCUT2D eigenvalue weighted by molar-refractivity contribution is -0.137. The van der Waals surface area contributed by atoms with Crippen molar-refractivity contribution in [3.63, 3.8) is 0 Å². The fourth-order valence-electron chi connectivity index (χ4n) is 4.11. The summed E-state index contributed by atoms with van der Waals surface area (Å²) < 4.78 is 13.1. The number of carbonyl (C=O) groups is 2. The van der Waals surface area contributed by atoms with Gasteiger partial charge in [-0.05, 0) is 36.8 Å². The number of hydrogen-bond acceptors (Lipinski definition) is 5. The quantitative estimate of drug-likeness (QED) is 0.296. The zero-order chi connectivity index (χ0) is 23.8. The van der Waals surface area contributed by atoms with Crippen molar-refractivity contribution in [2.24, 2.45) is 13.0 Å². The first-order valence-corrected chi connectivity index (χ1v) is 11.3. The van der Waals surface area contributed by atoms with E-state index in [0.717, 1.165) is 35.1 Å². The van der Waals surface area contributed by atoms with E-state index < -0.39 is 5.97 Å². The zero-order valence-corrected chi connectivity index (χ0v) is 19.5. The highest BCUT2D eigenvalue weighted by Crippen LogP contribution is 2.30. The standard InChI is InChI=1S/C26H32N2O5/c1-18(14-24(30)31)13-23(29)25-21-15-20(32-3)16-27-26(21)28(2)22(25)11-7-8-12-33-17-19-9-5-4-6-10-19/h4-6,9-10,15-16,18H,7-8,11-14,17H2,1-3H3,(H,30,31)/t18-/m0/s1. The maximum absolute atomic E-state index is 13.3. The Balaban J connectivity index is 1.72. The number of fused-ring (bicyclic) bond motifs is 1. The van der Waals surface area contributed by atoms with E-state index in [4.69, 9.17) is 14.6 Å². The molecule has 0 fully saturated rings. The van der Waals surface area contributed by atoms with Gasteiger partial charge in [-0.1, -0.05) is 37.3 Å². The van der Waals surface area contributed by atoms with E-state index >= 15 is 0 Å². The zero-order valence-electron chi connectivity index (χ0n) is 19.5. The lowest BCUT2D eigenvalue weighted by atomic mass is 9.94. The molecule has 1 N–H and O–H groups in total. The predicted octanol–water partition coefficient (Wildman–Crippen LogP) is 4.81. The number of carbonyl (C=O) groups excluding carboxylic acids is 1. The number of Topliss-reactive ketones (excluding diaryl/α,β-unsaturated/α-hetero) is 1. The summed E-state index contributed by atoms with van der Waals surface area (Å²) in [7, 11) is 3.49. The number of aliphatic carboxylic acids is 1. The minimum atomic E-state index is -0.896. The number of hydrogen-bond donors (Lipinski definition) is 1. The van der Waals surface area contributed by atoms with Crippen molar-refractivity contribution >= 4 is 22.8 Å². The number of aryl methyl sites for hydroxylation is 1. The Labute approximate surface area is 194 Å². The molecule has 0 saturated heterocycles.